The Morgan fingerprint density at radius 1 is 1.17 bits per heavy atom. The van der Waals surface area contributed by atoms with Gasteiger partial charge in [0, 0.05) is 17.5 Å². The first-order valence-electron chi connectivity index (χ1n) is 6.61. The molecule has 0 amide bonds. The summed E-state index contributed by atoms with van der Waals surface area (Å²) in [7, 11) is 0. The van der Waals surface area contributed by atoms with Crippen molar-refractivity contribution in [2.75, 3.05) is 0 Å². The summed E-state index contributed by atoms with van der Waals surface area (Å²) in [5.41, 5.74) is 5.55. The monoisotopic (exact) mass is 257 g/mol. The van der Waals surface area contributed by atoms with Crippen molar-refractivity contribution in [3.63, 3.8) is 0 Å². The first-order chi connectivity index (χ1) is 8.74. The van der Waals surface area contributed by atoms with E-state index in [9.17, 15) is 0 Å². The average Bonchev–Trinajstić information content (AvgIpc) is 3.10. The number of aryl methyl sites for hydroxylation is 2. The highest BCUT2D eigenvalue weighted by atomic mass is 32.1. The molecule has 0 spiro atoms. The highest BCUT2D eigenvalue weighted by Crippen LogP contribution is 2.32. The molecule has 1 aromatic heterocycles. The Hall–Kier alpha value is -1.12. The molecule has 0 bridgehead atoms. The minimum absolute atomic E-state index is 0.776. The lowest BCUT2D eigenvalue weighted by molar-refractivity contribution is 0.688. The van der Waals surface area contributed by atoms with Gasteiger partial charge in [0.25, 0.3) is 0 Å². The molecule has 1 saturated carbocycles. The Balaban J connectivity index is 1.87. The fourth-order valence-corrected chi connectivity index (χ4v) is 3.23. The van der Waals surface area contributed by atoms with Crippen LogP contribution in [-0.4, -0.2) is 6.04 Å². The molecule has 3 rings (SSSR count). The number of thiophene rings is 1. The first kappa shape index (κ1) is 11.9. The quantitative estimate of drug-likeness (QED) is 0.862. The molecule has 0 radical (unpaired) electrons. The molecule has 1 heterocycles. The summed E-state index contributed by atoms with van der Waals surface area (Å²) in [5, 5.41) is 5.76. The Kier molecular flexibility index (Phi) is 3.23. The zero-order chi connectivity index (χ0) is 12.5. The van der Waals surface area contributed by atoms with Gasteiger partial charge in [-0.05, 0) is 66.5 Å². The number of hydrogen-bond donors (Lipinski definition) is 1. The van der Waals surface area contributed by atoms with Gasteiger partial charge in [0.15, 0.2) is 0 Å². The molecule has 94 valence electrons. The molecule has 18 heavy (non-hydrogen) atoms. The normalized spacial score (nSPS) is 15.0. The maximum Gasteiger partial charge on any atom is 0.0374 e. The second-order valence-electron chi connectivity index (χ2n) is 5.24. The van der Waals surface area contributed by atoms with Crippen LogP contribution in [0.2, 0.25) is 0 Å². The van der Waals surface area contributed by atoms with Crippen LogP contribution in [0.1, 0.15) is 29.5 Å². The molecule has 1 N–H and O–H groups in total. The second kappa shape index (κ2) is 4.87. The SMILES string of the molecule is Cc1ccc(CNC2CC2)cc1-c1sccc1C. The fraction of sp³-hybridized carbons (Fsp3) is 0.375. The lowest BCUT2D eigenvalue weighted by Gasteiger charge is -2.09. The highest BCUT2D eigenvalue weighted by molar-refractivity contribution is 7.13. The van der Waals surface area contributed by atoms with Gasteiger partial charge in [0.1, 0.15) is 0 Å². The van der Waals surface area contributed by atoms with Crippen molar-refractivity contribution in [1.82, 2.24) is 5.32 Å². The van der Waals surface area contributed by atoms with E-state index in [4.69, 9.17) is 0 Å². The van der Waals surface area contributed by atoms with Crippen LogP contribution < -0.4 is 5.32 Å². The molecule has 1 aromatic carbocycles. The second-order valence-corrected chi connectivity index (χ2v) is 6.15. The van der Waals surface area contributed by atoms with Gasteiger partial charge in [-0.2, -0.15) is 0 Å². The summed E-state index contributed by atoms with van der Waals surface area (Å²) in [5.74, 6) is 0. The summed E-state index contributed by atoms with van der Waals surface area (Å²) >= 11 is 1.84. The molecule has 1 nitrogen and oxygen atoms in total. The standard InChI is InChI=1S/C16H19NS/c1-11-3-4-13(10-17-14-5-6-14)9-15(11)16-12(2)7-8-18-16/h3-4,7-9,14,17H,5-6,10H2,1-2H3. The van der Waals surface area contributed by atoms with Crippen LogP contribution >= 0.6 is 11.3 Å². The molecule has 2 heteroatoms. The van der Waals surface area contributed by atoms with E-state index < -0.39 is 0 Å². The lowest BCUT2D eigenvalue weighted by Crippen LogP contribution is -2.15. The molecule has 1 aliphatic carbocycles. The van der Waals surface area contributed by atoms with Crippen molar-refractivity contribution in [3.8, 4) is 10.4 Å². The van der Waals surface area contributed by atoms with E-state index in [0.717, 1.165) is 12.6 Å². The Morgan fingerprint density at radius 2 is 2.00 bits per heavy atom. The van der Waals surface area contributed by atoms with Crippen molar-refractivity contribution >= 4 is 11.3 Å². The van der Waals surface area contributed by atoms with Crippen molar-refractivity contribution in [2.45, 2.75) is 39.3 Å². The largest absolute Gasteiger partial charge is 0.310 e. The third-order valence-electron chi connectivity index (χ3n) is 3.58. The minimum Gasteiger partial charge on any atom is -0.310 e. The summed E-state index contributed by atoms with van der Waals surface area (Å²) < 4.78 is 0. The van der Waals surface area contributed by atoms with Crippen molar-refractivity contribution in [2.24, 2.45) is 0 Å². The van der Waals surface area contributed by atoms with Crippen LogP contribution in [0.15, 0.2) is 29.6 Å². The Labute approximate surface area is 113 Å². The summed E-state index contributed by atoms with van der Waals surface area (Å²) in [6.45, 7) is 5.40. The minimum atomic E-state index is 0.776. The number of benzene rings is 1. The van der Waals surface area contributed by atoms with Crippen LogP contribution in [-0.2, 0) is 6.54 Å². The van der Waals surface area contributed by atoms with Gasteiger partial charge in [0.2, 0.25) is 0 Å². The van der Waals surface area contributed by atoms with Gasteiger partial charge >= 0.3 is 0 Å². The van der Waals surface area contributed by atoms with Crippen LogP contribution in [0.3, 0.4) is 0 Å². The Morgan fingerprint density at radius 3 is 2.67 bits per heavy atom. The van der Waals surface area contributed by atoms with Crippen LogP contribution in [0.4, 0.5) is 0 Å². The van der Waals surface area contributed by atoms with Crippen molar-refractivity contribution < 1.29 is 0 Å². The van der Waals surface area contributed by atoms with E-state index in [-0.39, 0.29) is 0 Å². The smallest absolute Gasteiger partial charge is 0.0374 e. The summed E-state index contributed by atoms with van der Waals surface area (Å²) in [6, 6.07) is 9.83. The van der Waals surface area contributed by atoms with Crippen LogP contribution in [0.25, 0.3) is 10.4 Å². The summed E-state index contributed by atoms with van der Waals surface area (Å²) in [4.78, 5) is 1.42. The van der Waals surface area contributed by atoms with Crippen molar-refractivity contribution in [1.29, 1.82) is 0 Å². The summed E-state index contributed by atoms with van der Waals surface area (Å²) in [6.07, 6.45) is 2.70. The maximum atomic E-state index is 3.58. The number of hydrogen-bond acceptors (Lipinski definition) is 2. The van der Waals surface area contributed by atoms with Gasteiger partial charge in [-0.15, -0.1) is 11.3 Å². The third kappa shape index (κ3) is 2.50. The first-order valence-corrected chi connectivity index (χ1v) is 7.49. The predicted octanol–water partition coefficient (Wildman–Crippen LogP) is 4.28. The average molecular weight is 257 g/mol. The zero-order valence-electron chi connectivity index (χ0n) is 11.0. The maximum absolute atomic E-state index is 3.58. The zero-order valence-corrected chi connectivity index (χ0v) is 11.8. The van der Waals surface area contributed by atoms with Crippen LogP contribution in [0.5, 0.6) is 0 Å². The van der Waals surface area contributed by atoms with Crippen molar-refractivity contribution in [3.05, 3.63) is 46.3 Å². The third-order valence-corrected chi connectivity index (χ3v) is 4.63. The Bertz CT molecular complexity index is 552. The molecule has 0 unspecified atom stereocenters. The predicted molar refractivity (Wildman–Crippen MR) is 79.1 cm³/mol. The van der Waals surface area contributed by atoms with E-state index in [1.165, 1.54) is 40.0 Å². The molecular formula is C16H19NS. The number of nitrogens with one attached hydrogen (secondary N) is 1. The molecule has 1 fully saturated rings. The molecule has 0 saturated heterocycles. The van der Waals surface area contributed by atoms with E-state index in [2.05, 4.69) is 48.8 Å². The molecule has 0 atom stereocenters. The highest BCUT2D eigenvalue weighted by Gasteiger charge is 2.20. The van der Waals surface area contributed by atoms with E-state index in [1.807, 2.05) is 11.3 Å². The van der Waals surface area contributed by atoms with E-state index >= 15 is 0 Å². The molecule has 2 aromatic rings. The van der Waals surface area contributed by atoms with Gasteiger partial charge in [-0.3, -0.25) is 0 Å². The number of rotatable bonds is 4. The fourth-order valence-electron chi connectivity index (χ4n) is 2.22. The molecule has 1 aliphatic rings. The van der Waals surface area contributed by atoms with E-state index in [1.54, 1.807) is 0 Å². The van der Waals surface area contributed by atoms with Gasteiger partial charge in [0.05, 0.1) is 0 Å². The topological polar surface area (TPSA) is 12.0 Å². The van der Waals surface area contributed by atoms with Gasteiger partial charge < -0.3 is 5.32 Å². The molecular weight excluding hydrogens is 238 g/mol. The molecule has 0 aliphatic heterocycles. The van der Waals surface area contributed by atoms with Crippen LogP contribution in [0, 0.1) is 13.8 Å². The lowest BCUT2D eigenvalue weighted by atomic mass is 10.0. The van der Waals surface area contributed by atoms with Gasteiger partial charge in [-0.25, -0.2) is 0 Å². The van der Waals surface area contributed by atoms with Gasteiger partial charge in [-0.1, -0.05) is 12.1 Å². The van der Waals surface area contributed by atoms with E-state index in [0.29, 0.717) is 0 Å².